The molecular formula is C12H15F3O3. The molecule has 1 N–H and O–H groups in total. The third kappa shape index (κ3) is 4.65. The fraction of sp³-hybridized carbons (Fsp3) is 0.417. The number of halogens is 3. The van der Waals surface area contributed by atoms with E-state index in [1.807, 2.05) is 13.8 Å². The summed E-state index contributed by atoms with van der Waals surface area (Å²) in [5.74, 6) is -1.58. The van der Waals surface area contributed by atoms with Gasteiger partial charge in [0.15, 0.2) is 0 Å². The van der Waals surface area contributed by atoms with Crippen LogP contribution in [0.2, 0.25) is 0 Å². The van der Waals surface area contributed by atoms with Gasteiger partial charge in [-0.15, -0.1) is 13.2 Å². The summed E-state index contributed by atoms with van der Waals surface area (Å²) in [5, 5.41) is 8.81. The van der Waals surface area contributed by atoms with Gasteiger partial charge in [0.25, 0.3) is 0 Å². The van der Waals surface area contributed by atoms with Crippen LogP contribution >= 0.6 is 0 Å². The summed E-state index contributed by atoms with van der Waals surface area (Å²) in [6, 6.07) is 2.09. The highest BCUT2D eigenvalue weighted by Crippen LogP contribution is 2.27. The molecule has 0 unspecified atom stereocenters. The number of benzene rings is 1. The molecule has 3 nitrogen and oxygen atoms in total. The third-order valence-electron chi connectivity index (χ3n) is 1.95. The van der Waals surface area contributed by atoms with E-state index in [4.69, 9.17) is 5.11 Å². The Hall–Kier alpha value is -1.72. The Balaban J connectivity index is 0.00000137. The summed E-state index contributed by atoms with van der Waals surface area (Å²) in [7, 11) is 0. The summed E-state index contributed by atoms with van der Waals surface area (Å²) in [6.07, 6.45) is -4.77. The van der Waals surface area contributed by atoms with E-state index in [2.05, 4.69) is 4.74 Å². The van der Waals surface area contributed by atoms with Crippen molar-refractivity contribution in [2.45, 2.75) is 34.1 Å². The molecule has 0 heterocycles. The van der Waals surface area contributed by atoms with Gasteiger partial charge in [-0.25, -0.2) is 4.79 Å². The van der Waals surface area contributed by atoms with Gasteiger partial charge < -0.3 is 9.84 Å². The Bertz CT molecular complexity index is 402. The molecule has 0 aliphatic carbocycles. The van der Waals surface area contributed by atoms with E-state index in [1.54, 1.807) is 0 Å². The van der Waals surface area contributed by atoms with Crippen molar-refractivity contribution >= 4 is 5.97 Å². The first-order valence-corrected chi connectivity index (χ1v) is 5.31. The molecule has 18 heavy (non-hydrogen) atoms. The summed E-state index contributed by atoms with van der Waals surface area (Å²) in [4.78, 5) is 10.8. The van der Waals surface area contributed by atoms with Crippen LogP contribution < -0.4 is 4.74 Å². The Morgan fingerprint density at radius 1 is 1.17 bits per heavy atom. The number of carbonyl (C=O) groups is 1. The van der Waals surface area contributed by atoms with Crippen molar-refractivity contribution in [3.63, 3.8) is 0 Å². The molecule has 0 radical (unpaired) electrons. The molecule has 0 bridgehead atoms. The third-order valence-corrected chi connectivity index (χ3v) is 1.95. The topological polar surface area (TPSA) is 46.5 Å². The zero-order valence-corrected chi connectivity index (χ0v) is 10.6. The number of aromatic carboxylic acids is 1. The van der Waals surface area contributed by atoms with Gasteiger partial charge in [0.05, 0.1) is 5.56 Å². The van der Waals surface area contributed by atoms with Gasteiger partial charge in [0.1, 0.15) is 5.75 Å². The molecule has 0 saturated carbocycles. The normalized spacial score (nSPS) is 10.4. The van der Waals surface area contributed by atoms with E-state index >= 15 is 0 Å². The first-order chi connectivity index (χ1) is 8.20. The standard InChI is InChI=1S/C10H9F3O3.C2H6/c1-5-3-7(16-10(11,12)13)4-6(2)8(5)9(14)15;1-2/h3-4H,1-2H3,(H,14,15);1-2H3. The SMILES string of the molecule is CC.Cc1cc(OC(F)(F)F)cc(C)c1C(=O)O. The van der Waals surface area contributed by atoms with E-state index in [9.17, 15) is 18.0 Å². The molecule has 1 rings (SSSR count). The Morgan fingerprint density at radius 3 is 1.83 bits per heavy atom. The summed E-state index contributed by atoms with van der Waals surface area (Å²) in [5.41, 5.74) is 0.452. The Kier molecular flexibility index (Phi) is 5.68. The number of hydrogen-bond acceptors (Lipinski definition) is 2. The van der Waals surface area contributed by atoms with Crippen molar-refractivity contribution in [2.24, 2.45) is 0 Å². The van der Waals surface area contributed by atoms with Gasteiger partial charge in [-0.2, -0.15) is 0 Å². The lowest BCUT2D eigenvalue weighted by molar-refractivity contribution is -0.274. The minimum Gasteiger partial charge on any atom is -0.478 e. The van der Waals surface area contributed by atoms with E-state index < -0.39 is 18.1 Å². The van der Waals surface area contributed by atoms with Crippen LogP contribution in [0.25, 0.3) is 0 Å². The first kappa shape index (κ1) is 16.3. The van der Waals surface area contributed by atoms with Gasteiger partial charge >= 0.3 is 12.3 Å². The van der Waals surface area contributed by atoms with E-state index in [1.165, 1.54) is 13.8 Å². The van der Waals surface area contributed by atoms with E-state index in [0.717, 1.165) is 12.1 Å². The van der Waals surface area contributed by atoms with Gasteiger partial charge in [-0.1, -0.05) is 13.8 Å². The fourth-order valence-electron chi connectivity index (χ4n) is 1.45. The lowest BCUT2D eigenvalue weighted by atomic mass is 10.0. The zero-order chi connectivity index (χ0) is 14.5. The summed E-state index contributed by atoms with van der Waals surface area (Å²) >= 11 is 0. The minimum atomic E-state index is -4.77. The first-order valence-electron chi connectivity index (χ1n) is 5.31. The van der Waals surface area contributed by atoms with Crippen LogP contribution in [0.3, 0.4) is 0 Å². The lowest BCUT2D eigenvalue weighted by Gasteiger charge is -2.12. The van der Waals surface area contributed by atoms with Crippen molar-refractivity contribution in [3.05, 3.63) is 28.8 Å². The molecule has 1 aromatic rings. The minimum absolute atomic E-state index is 0.00507. The largest absolute Gasteiger partial charge is 0.573 e. The van der Waals surface area contributed by atoms with Crippen LogP contribution in [0, 0.1) is 13.8 Å². The molecule has 1 aromatic carbocycles. The average molecular weight is 264 g/mol. The van der Waals surface area contributed by atoms with Crippen LogP contribution in [0.1, 0.15) is 35.3 Å². The van der Waals surface area contributed by atoms with Crippen molar-refractivity contribution < 1.29 is 27.8 Å². The molecule has 0 atom stereocenters. The monoisotopic (exact) mass is 264 g/mol. The smallest absolute Gasteiger partial charge is 0.478 e. The maximum atomic E-state index is 11.9. The lowest BCUT2D eigenvalue weighted by Crippen LogP contribution is -2.17. The maximum Gasteiger partial charge on any atom is 0.573 e. The zero-order valence-electron chi connectivity index (χ0n) is 10.6. The molecule has 0 aromatic heterocycles. The molecule has 0 aliphatic rings. The molecule has 0 fully saturated rings. The van der Waals surface area contributed by atoms with Gasteiger partial charge in [0.2, 0.25) is 0 Å². The van der Waals surface area contributed by atoms with Crippen molar-refractivity contribution in [3.8, 4) is 5.75 Å². The van der Waals surface area contributed by atoms with Crippen LogP contribution in [0.15, 0.2) is 12.1 Å². The van der Waals surface area contributed by atoms with E-state index in [0.29, 0.717) is 0 Å². The van der Waals surface area contributed by atoms with E-state index in [-0.39, 0.29) is 16.7 Å². The molecule has 0 spiro atoms. The number of carboxylic acid groups (broad SMARTS) is 1. The maximum absolute atomic E-state index is 11.9. The Morgan fingerprint density at radius 2 is 1.56 bits per heavy atom. The second kappa shape index (κ2) is 6.28. The van der Waals surface area contributed by atoms with Gasteiger partial charge in [-0.05, 0) is 37.1 Å². The number of rotatable bonds is 2. The number of aryl methyl sites for hydroxylation is 2. The van der Waals surface area contributed by atoms with Crippen molar-refractivity contribution in [2.75, 3.05) is 0 Å². The van der Waals surface area contributed by atoms with Crippen molar-refractivity contribution in [1.82, 2.24) is 0 Å². The highest BCUT2D eigenvalue weighted by Gasteiger charge is 2.31. The van der Waals surface area contributed by atoms with Crippen LogP contribution in [-0.4, -0.2) is 17.4 Å². The molecule has 0 amide bonds. The molecule has 0 saturated heterocycles. The number of hydrogen-bond donors (Lipinski definition) is 1. The van der Waals surface area contributed by atoms with Crippen molar-refractivity contribution in [1.29, 1.82) is 0 Å². The molecule has 0 aliphatic heterocycles. The van der Waals surface area contributed by atoms with Gasteiger partial charge in [0, 0.05) is 0 Å². The second-order valence-corrected chi connectivity index (χ2v) is 3.29. The second-order valence-electron chi connectivity index (χ2n) is 3.29. The summed E-state index contributed by atoms with van der Waals surface area (Å²) in [6.45, 7) is 6.83. The number of carboxylic acids is 1. The van der Waals surface area contributed by atoms with Gasteiger partial charge in [-0.3, -0.25) is 0 Å². The predicted octanol–water partition coefficient (Wildman–Crippen LogP) is 3.93. The van der Waals surface area contributed by atoms with Crippen LogP contribution in [0.5, 0.6) is 5.75 Å². The highest BCUT2D eigenvalue weighted by molar-refractivity contribution is 5.91. The van der Waals surface area contributed by atoms with Crippen LogP contribution in [-0.2, 0) is 0 Å². The molecular weight excluding hydrogens is 249 g/mol. The fourth-order valence-corrected chi connectivity index (χ4v) is 1.45. The number of alkyl halides is 3. The Labute approximate surface area is 103 Å². The number of ether oxygens (including phenoxy) is 1. The molecule has 6 heteroatoms. The summed E-state index contributed by atoms with van der Waals surface area (Å²) < 4.78 is 39.5. The predicted molar refractivity (Wildman–Crippen MR) is 60.9 cm³/mol. The van der Waals surface area contributed by atoms with Crippen LogP contribution in [0.4, 0.5) is 13.2 Å². The average Bonchev–Trinajstić information content (AvgIpc) is 2.15. The molecule has 102 valence electrons. The highest BCUT2D eigenvalue weighted by atomic mass is 19.4. The quantitative estimate of drug-likeness (QED) is 0.880.